The van der Waals surface area contributed by atoms with Crippen LogP contribution in [-0.2, 0) is 0 Å². The van der Waals surface area contributed by atoms with Gasteiger partial charge in [0.1, 0.15) is 0 Å². The third kappa shape index (κ3) is 4.48. The van der Waals surface area contributed by atoms with Crippen molar-refractivity contribution in [3.8, 4) is 0 Å². The minimum atomic E-state index is -0.992. The fourth-order valence-electron chi connectivity index (χ4n) is 2.61. The number of nitrogens with zero attached hydrogens (tertiary/aromatic N) is 2. The van der Waals surface area contributed by atoms with Crippen molar-refractivity contribution in [2.24, 2.45) is 0 Å². The Hall–Kier alpha value is -1.53. The lowest BCUT2D eigenvalue weighted by atomic mass is 10.1. The van der Waals surface area contributed by atoms with E-state index in [0.29, 0.717) is 13.1 Å². The number of carbonyl (C=O) groups excluding carboxylic acids is 1. The molecular formula is C16H22F2N2O2. The number of aliphatic hydroxyl groups excluding tert-OH is 1. The molecule has 2 rings (SSSR count). The molecule has 4 nitrogen and oxygen atoms in total. The second kappa shape index (κ2) is 8.19. The van der Waals surface area contributed by atoms with Gasteiger partial charge in [0.25, 0.3) is 5.91 Å². The fourth-order valence-corrected chi connectivity index (χ4v) is 2.61. The van der Waals surface area contributed by atoms with Crippen LogP contribution in [0.15, 0.2) is 18.2 Å². The third-order valence-corrected chi connectivity index (χ3v) is 3.96. The lowest BCUT2D eigenvalue weighted by molar-refractivity contribution is 0.0634. The van der Waals surface area contributed by atoms with E-state index in [1.165, 1.54) is 6.07 Å². The first kappa shape index (κ1) is 16.8. The molecule has 1 aromatic rings. The van der Waals surface area contributed by atoms with Gasteiger partial charge in [-0.2, -0.15) is 0 Å². The first-order valence-corrected chi connectivity index (χ1v) is 7.69. The Morgan fingerprint density at radius 2 is 1.77 bits per heavy atom. The smallest absolute Gasteiger partial charge is 0.254 e. The maximum Gasteiger partial charge on any atom is 0.254 e. The molecule has 0 unspecified atom stereocenters. The summed E-state index contributed by atoms with van der Waals surface area (Å²) < 4.78 is 26.1. The lowest BCUT2D eigenvalue weighted by Crippen LogP contribution is -2.48. The number of halogens is 2. The summed E-state index contributed by atoms with van der Waals surface area (Å²) in [6.07, 6.45) is 2.87. The van der Waals surface area contributed by atoms with E-state index in [1.807, 2.05) is 0 Å². The van der Waals surface area contributed by atoms with E-state index in [1.54, 1.807) is 4.90 Å². The zero-order chi connectivity index (χ0) is 15.9. The van der Waals surface area contributed by atoms with E-state index in [9.17, 15) is 13.6 Å². The van der Waals surface area contributed by atoms with Crippen LogP contribution < -0.4 is 0 Å². The molecule has 0 atom stereocenters. The first-order valence-electron chi connectivity index (χ1n) is 7.69. The number of unbranched alkanes of at least 4 members (excludes halogenated alkanes) is 2. The number of aliphatic hydroxyl groups is 1. The van der Waals surface area contributed by atoms with Crippen molar-refractivity contribution < 1.29 is 18.7 Å². The molecule has 0 bridgehead atoms. The van der Waals surface area contributed by atoms with Crippen molar-refractivity contribution in [3.05, 3.63) is 35.4 Å². The van der Waals surface area contributed by atoms with Gasteiger partial charge in [-0.3, -0.25) is 9.69 Å². The van der Waals surface area contributed by atoms with Crippen LogP contribution in [0.3, 0.4) is 0 Å². The highest BCUT2D eigenvalue weighted by atomic mass is 19.2. The molecule has 22 heavy (non-hydrogen) atoms. The van der Waals surface area contributed by atoms with Crippen LogP contribution >= 0.6 is 0 Å². The van der Waals surface area contributed by atoms with Crippen LogP contribution in [0.1, 0.15) is 29.6 Å². The van der Waals surface area contributed by atoms with Crippen molar-refractivity contribution in [2.45, 2.75) is 19.3 Å². The second-order valence-electron chi connectivity index (χ2n) is 5.55. The van der Waals surface area contributed by atoms with Gasteiger partial charge in [0.2, 0.25) is 0 Å². The topological polar surface area (TPSA) is 43.8 Å². The Bertz CT molecular complexity index is 503. The van der Waals surface area contributed by atoms with Crippen molar-refractivity contribution in [1.29, 1.82) is 0 Å². The van der Waals surface area contributed by atoms with Crippen LogP contribution in [0.4, 0.5) is 8.78 Å². The summed E-state index contributed by atoms with van der Waals surface area (Å²) in [7, 11) is 0. The van der Waals surface area contributed by atoms with Gasteiger partial charge in [0.15, 0.2) is 11.6 Å². The summed E-state index contributed by atoms with van der Waals surface area (Å²) >= 11 is 0. The van der Waals surface area contributed by atoms with E-state index in [2.05, 4.69) is 4.90 Å². The quantitative estimate of drug-likeness (QED) is 0.816. The molecule has 0 aliphatic carbocycles. The molecule has 0 radical (unpaired) electrons. The van der Waals surface area contributed by atoms with Crippen molar-refractivity contribution >= 4 is 5.91 Å². The maximum absolute atomic E-state index is 13.2. The zero-order valence-electron chi connectivity index (χ0n) is 12.6. The van der Waals surface area contributed by atoms with Gasteiger partial charge >= 0.3 is 0 Å². The fraction of sp³-hybridized carbons (Fsp3) is 0.562. The highest BCUT2D eigenvalue weighted by Crippen LogP contribution is 2.13. The average Bonchev–Trinajstić information content (AvgIpc) is 2.54. The van der Waals surface area contributed by atoms with Gasteiger partial charge in [0.05, 0.1) is 0 Å². The molecule has 1 aliphatic rings. The molecule has 122 valence electrons. The number of rotatable bonds is 6. The monoisotopic (exact) mass is 312 g/mol. The van der Waals surface area contributed by atoms with E-state index >= 15 is 0 Å². The van der Waals surface area contributed by atoms with Gasteiger partial charge in [-0.1, -0.05) is 0 Å². The Labute approximate surface area is 129 Å². The molecule has 1 saturated heterocycles. The van der Waals surface area contributed by atoms with Gasteiger partial charge < -0.3 is 10.0 Å². The van der Waals surface area contributed by atoms with Crippen LogP contribution in [0.25, 0.3) is 0 Å². The van der Waals surface area contributed by atoms with E-state index in [4.69, 9.17) is 5.11 Å². The molecule has 6 heteroatoms. The molecule has 1 aromatic carbocycles. The third-order valence-electron chi connectivity index (χ3n) is 3.96. The summed E-state index contributed by atoms with van der Waals surface area (Å²) in [6.45, 7) is 3.96. The summed E-state index contributed by atoms with van der Waals surface area (Å²) in [5.41, 5.74) is 0.190. The summed E-state index contributed by atoms with van der Waals surface area (Å²) in [4.78, 5) is 16.2. The van der Waals surface area contributed by atoms with Gasteiger partial charge in [-0.25, -0.2) is 8.78 Å². The van der Waals surface area contributed by atoms with Crippen molar-refractivity contribution in [2.75, 3.05) is 39.3 Å². The van der Waals surface area contributed by atoms with E-state index in [0.717, 1.165) is 51.0 Å². The number of amides is 1. The minimum absolute atomic E-state index is 0.190. The second-order valence-corrected chi connectivity index (χ2v) is 5.55. The van der Waals surface area contributed by atoms with Gasteiger partial charge in [-0.05, 0) is 44.0 Å². The normalized spacial score (nSPS) is 16.0. The molecule has 1 heterocycles. The molecule has 0 aromatic heterocycles. The van der Waals surface area contributed by atoms with Crippen molar-refractivity contribution in [3.63, 3.8) is 0 Å². The number of benzene rings is 1. The number of hydrogen-bond donors (Lipinski definition) is 1. The standard InChI is InChI=1S/C16H22F2N2O2/c17-14-5-4-13(12-15(14)18)16(22)20-9-7-19(8-10-20)6-2-1-3-11-21/h4-5,12,21H,1-3,6-11H2. The molecular weight excluding hydrogens is 290 g/mol. The summed E-state index contributed by atoms with van der Waals surface area (Å²) in [5.74, 6) is -2.18. The molecule has 0 spiro atoms. The van der Waals surface area contributed by atoms with Crippen LogP contribution in [0.2, 0.25) is 0 Å². The number of piperazine rings is 1. The van der Waals surface area contributed by atoms with Crippen LogP contribution in [0.5, 0.6) is 0 Å². The molecule has 1 fully saturated rings. The average molecular weight is 312 g/mol. The Morgan fingerprint density at radius 3 is 2.41 bits per heavy atom. The summed E-state index contributed by atoms with van der Waals surface area (Å²) in [6, 6.07) is 3.26. The predicted octanol–water partition coefficient (Wildman–Crippen LogP) is 1.89. The molecule has 1 N–H and O–H groups in total. The molecule has 0 saturated carbocycles. The van der Waals surface area contributed by atoms with Crippen LogP contribution in [-0.4, -0.2) is 60.1 Å². The van der Waals surface area contributed by atoms with Crippen molar-refractivity contribution in [1.82, 2.24) is 9.80 Å². The van der Waals surface area contributed by atoms with Crippen LogP contribution in [0, 0.1) is 11.6 Å². The predicted molar refractivity (Wildman–Crippen MR) is 79.6 cm³/mol. The molecule has 1 aliphatic heterocycles. The van der Waals surface area contributed by atoms with Gasteiger partial charge in [-0.15, -0.1) is 0 Å². The zero-order valence-corrected chi connectivity index (χ0v) is 12.6. The highest BCUT2D eigenvalue weighted by Gasteiger charge is 2.22. The Morgan fingerprint density at radius 1 is 1.05 bits per heavy atom. The Kier molecular flexibility index (Phi) is 6.27. The summed E-state index contributed by atoms with van der Waals surface area (Å²) in [5, 5.41) is 8.74. The number of hydrogen-bond acceptors (Lipinski definition) is 3. The maximum atomic E-state index is 13.2. The Balaban J connectivity index is 1.80. The minimum Gasteiger partial charge on any atom is -0.396 e. The SMILES string of the molecule is O=C(c1ccc(F)c(F)c1)N1CCN(CCCCCO)CC1. The molecule has 1 amide bonds. The number of carbonyl (C=O) groups is 1. The van der Waals surface area contributed by atoms with E-state index in [-0.39, 0.29) is 18.1 Å². The highest BCUT2D eigenvalue weighted by molar-refractivity contribution is 5.94. The lowest BCUT2D eigenvalue weighted by Gasteiger charge is -2.34. The van der Waals surface area contributed by atoms with Gasteiger partial charge in [0, 0.05) is 38.3 Å². The van der Waals surface area contributed by atoms with E-state index < -0.39 is 11.6 Å². The largest absolute Gasteiger partial charge is 0.396 e. The first-order chi connectivity index (χ1) is 10.6.